The van der Waals surface area contributed by atoms with Gasteiger partial charge in [0, 0.05) is 0 Å². The van der Waals surface area contributed by atoms with Gasteiger partial charge in [0.2, 0.25) is 0 Å². The molecule has 1 saturated carbocycles. The Kier molecular flexibility index (Phi) is 3.53. The number of halogens is 3. The van der Waals surface area contributed by atoms with Crippen molar-refractivity contribution in [2.75, 3.05) is 0 Å². The summed E-state index contributed by atoms with van der Waals surface area (Å²) in [4.78, 5) is 10.8. The molecule has 0 aliphatic heterocycles. The summed E-state index contributed by atoms with van der Waals surface area (Å²) in [6.07, 6.45) is -2.90. The van der Waals surface area contributed by atoms with Crippen LogP contribution in [0.3, 0.4) is 0 Å². The maximum Gasteiger partial charge on any atom is 0.433 e. The van der Waals surface area contributed by atoms with Gasteiger partial charge in [0.05, 0.1) is 18.3 Å². The number of carbonyl (C=O) groups is 1. The number of nitrogens with zero attached hydrogens (tertiary/aromatic N) is 2. The van der Waals surface area contributed by atoms with Crippen LogP contribution in [0.2, 0.25) is 0 Å². The van der Waals surface area contributed by atoms with Crippen LogP contribution in [0.4, 0.5) is 13.2 Å². The molecule has 0 bridgehead atoms. The maximum absolute atomic E-state index is 13.0. The molecule has 1 heterocycles. The van der Waals surface area contributed by atoms with Gasteiger partial charge in [-0.1, -0.05) is 12.8 Å². The lowest BCUT2D eigenvalue weighted by Crippen LogP contribution is -2.31. The number of aromatic nitrogens is 2. The predicted octanol–water partition coefficient (Wildman–Crippen LogP) is 2.08. The zero-order valence-corrected chi connectivity index (χ0v) is 9.89. The lowest BCUT2D eigenvalue weighted by molar-refractivity contribution is -0.146. The second-order valence-corrected chi connectivity index (χ2v) is 4.57. The van der Waals surface area contributed by atoms with Crippen LogP contribution < -0.4 is 0 Å². The fourth-order valence-electron chi connectivity index (χ4n) is 2.43. The van der Waals surface area contributed by atoms with Gasteiger partial charge in [0.1, 0.15) is 5.56 Å². The maximum atomic E-state index is 13.0. The Hall–Kier alpha value is -1.57. The number of rotatable bonds is 2. The van der Waals surface area contributed by atoms with Gasteiger partial charge in [0.25, 0.3) is 0 Å². The van der Waals surface area contributed by atoms with Crippen LogP contribution in [0.25, 0.3) is 0 Å². The average Bonchev–Trinajstić information content (AvgIpc) is 2.73. The van der Waals surface area contributed by atoms with Crippen molar-refractivity contribution in [1.82, 2.24) is 9.78 Å². The van der Waals surface area contributed by atoms with Gasteiger partial charge in [-0.15, -0.1) is 0 Å². The highest BCUT2D eigenvalue weighted by molar-refractivity contribution is 5.88. The summed E-state index contributed by atoms with van der Waals surface area (Å²) >= 11 is 0. The standard InChI is InChI=1S/C11H13F3N2O3/c12-11(13,14)9-6(10(18)19)5-15-16(9)7-3-1-2-4-8(7)17/h5,7-8,17H,1-4H2,(H,18,19). The fourth-order valence-corrected chi connectivity index (χ4v) is 2.43. The third-order valence-corrected chi connectivity index (χ3v) is 3.30. The minimum atomic E-state index is -4.82. The molecule has 19 heavy (non-hydrogen) atoms. The summed E-state index contributed by atoms with van der Waals surface area (Å²) in [5.41, 5.74) is -2.18. The molecule has 1 aliphatic carbocycles. The molecule has 0 radical (unpaired) electrons. The summed E-state index contributed by atoms with van der Waals surface area (Å²) in [5, 5.41) is 22.1. The summed E-state index contributed by atoms with van der Waals surface area (Å²) in [6.45, 7) is 0. The van der Waals surface area contributed by atoms with Crippen molar-refractivity contribution < 1.29 is 28.2 Å². The van der Waals surface area contributed by atoms with E-state index in [0.717, 1.165) is 6.42 Å². The lowest BCUT2D eigenvalue weighted by Gasteiger charge is -2.29. The number of hydrogen-bond donors (Lipinski definition) is 2. The average molecular weight is 278 g/mol. The number of aromatic carboxylic acids is 1. The molecule has 2 unspecified atom stereocenters. The SMILES string of the molecule is O=C(O)c1cnn(C2CCCCC2O)c1C(F)(F)F. The molecule has 2 atom stereocenters. The van der Waals surface area contributed by atoms with Crippen molar-refractivity contribution >= 4 is 5.97 Å². The smallest absolute Gasteiger partial charge is 0.433 e. The van der Waals surface area contributed by atoms with E-state index in [-0.39, 0.29) is 0 Å². The molecule has 0 spiro atoms. The second kappa shape index (κ2) is 4.84. The van der Waals surface area contributed by atoms with E-state index in [1.54, 1.807) is 0 Å². The Labute approximate surface area is 106 Å². The van der Waals surface area contributed by atoms with Crippen molar-refractivity contribution in [1.29, 1.82) is 0 Å². The van der Waals surface area contributed by atoms with Crippen LogP contribution in [0.1, 0.15) is 47.8 Å². The van der Waals surface area contributed by atoms with E-state index in [0.29, 0.717) is 30.1 Å². The van der Waals surface area contributed by atoms with Crippen LogP contribution in [0, 0.1) is 0 Å². The molecule has 0 aromatic carbocycles. The van der Waals surface area contributed by atoms with Gasteiger partial charge in [-0.3, -0.25) is 4.68 Å². The Morgan fingerprint density at radius 2 is 2.00 bits per heavy atom. The Bertz CT molecular complexity index is 484. The Morgan fingerprint density at radius 3 is 2.53 bits per heavy atom. The first-order valence-electron chi connectivity index (χ1n) is 5.88. The van der Waals surface area contributed by atoms with E-state index in [4.69, 9.17) is 5.11 Å². The lowest BCUT2D eigenvalue weighted by atomic mass is 9.92. The molecule has 1 aliphatic rings. The van der Waals surface area contributed by atoms with Gasteiger partial charge >= 0.3 is 12.1 Å². The minimum Gasteiger partial charge on any atom is -0.478 e. The van der Waals surface area contributed by atoms with Crippen molar-refractivity contribution in [3.05, 3.63) is 17.5 Å². The van der Waals surface area contributed by atoms with Crippen LogP contribution in [0.15, 0.2) is 6.20 Å². The van der Waals surface area contributed by atoms with Gasteiger partial charge in [-0.2, -0.15) is 18.3 Å². The van der Waals surface area contributed by atoms with Crippen molar-refractivity contribution in [3.8, 4) is 0 Å². The Morgan fingerprint density at radius 1 is 1.37 bits per heavy atom. The largest absolute Gasteiger partial charge is 0.478 e. The van der Waals surface area contributed by atoms with E-state index in [1.165, 1.54) is 0 Å². The van der Waals surface area contributed by atoms with E-state index in [1.807, 2.05) is 0 Å². The monoisotopic (exact) mass is 278 g/mol. The highest BCUT2D eigenvalue weighted by Gasteiger charge is 2.42. The van der Waals surface area contributed by atoms with Crippen molar-refractivity contribution in [2.45, 2.75) is 44.0 Å². The first-order chi connectivity index (χ1) is 8.82. The Balaban J connectivity index is 2.48. The normalized spacial score (nSPS) is 24.4. The van der Waals surface area contributed by atoms with E-state index in [2.05, 4.69) is 5.10 Å². The van der Waals surface area contributed by atoms with E-state index >= 15 is 0 Å². The second-order valence-electron chi connectivity index (χ2n) is 4.57. The predicted molar refractivity (Wildman–Crippen MR) is 57.7 cm³/mol. The molecular weight excluding hydrogens is 265 g/mol. The van der Waals surface area contributed by atoms with Crippen LogP contribution >= 0.6 is 0 Å². The molecule has 106 valence electrons. The molecule has 1 fully saturated rings. The van der Waals surface area contributed by atoms with E-state index < -0.39 is 35.5 Å². The molecule has 8 heteroatoms. The molecule has 0 saturated heterocycles. The first-order valence-corrected chi connectivity index (χ1v) is 5.88. The number of hydrogen-bond acceptors (Lipinski definition) is 3. The fraction of sp³-hybridized carbons (Fsp3) is 0.636. The van der Waals surface area contributed by atoms with Gasteiger partial charge < -0.3 is 10.2 Å². The summed E-state index contributed by atoms with van der Waals surface area (Å²) < 4.78 is 39.6. The number of aliphatic hydroxyl groups excluding tert-OH is 1. The molecule has 2 rings (SSSR count). The van der Waals surface area contributed by atoms with Gasteiger partial charge in [0.15, 0.2) is 5.69 Å². The highest BCUT2D eigenvalue weighted by atomic mass is 19.4. The number of carboxylic acid groups (broad SMARTS) is 1. The molecule has 2 N–H and O–H groups in total. The summed E-state index contributed by atoms with van der Waals surface area (Å²) in [7, 11) is 0. The third-order valence-electron chi connectivity index (χ3n) is 3.30. The topological polar surface area (TPSA) is 75.3 Å². The molecular formula is C11H13F3N2O3. The van der Waals surface area contributed by atoms with E-state index in [9.17, 15) is 23.1 Å². The molecule has 5 nitrogen and oxygen atoms in total. The molecule has 1 aromatic heterocycles. The van der Waals surface area contributed by atoms with Crippen LogP contribution in [-0.2, 0) is 6.18 Å². The van der Waals surface area contributed by atoms with Crippen LogP contribution in [0.5, 0.6) is 0 Å². The quantitative estimate of drug-likeness (QED) is 0.868. The van der Waals surface area contributed by atoms with Crippen LogP contribution in [-0.4, -0.2) is 32.1 Å². The summed E-state index contributed by atoms with van der Waals surface area (Å²) in [5.74, 6) is -1.68. The number of alkyl halides is 3. The summed E-state index contributed by atoms with van der Waals surface area (Å²) in [6, 6.07) is -0.821. The highest BCUT2D eigenvalue weighted by Crippen LogP contribution is 2.37. The number of carboxylic acids is 1. The zero-order valence-electron chi connectivity index (χ0n) is 9.89. The number of aliphatic hydroxyl groups is 1. The van der Waals surface area contributed by atoms with Crippen molar-refractivity contribution in [2.24, 2.45) is 0 Å². The van der Waals surface area contributed by atoms with Gasteiger partial charge in [-0.05, 0) is 12.8 Å². The molecule has 1 aromatic rings. The van der Waals surface area contributed by atoms with Crippen molar-refractivity contribution in [3.63, 3.8) is 0 Å². The first kappa shape index (κ1) is 13.9. The zero-order chi connectivity index (χ0) is 14.2. The van der Waals surface area contributed by atoms with Gasteiger partial charge in [-0.25, -0.2) is 4.79 Å². The molecule has 0 amide bonds. The minimum absolute atomic E-state index is 0.352. The third kappa shape index (κ3) is 2.58.